The van der Waals surface area contributed by atoms with Crippen molar-refractivity contribution in [1.29, 1.82) is 0 Å². The van der Waals surface area contributed by atoms with E-state index < -0.39 is 10.0 Å². The molecule has 0 aliphatic heterocycles. The van der Waals surface area contributed by atoms with E-state index >= 15 is 0 Å². The number of rotatable bonds is 6. The van der Waals surface area contributed by atoms with Gasteiger partial charge in [0, 0.05) is 17.1 Å². The maximum absolute atomic E-state index is 12.6. The Hall–Kier alpha value is -1.28. The van der Waals surface area contributed by atoms with E-state index in [0.29, 0.717) is 10.2 Å². The summed E-state index contributed by atoms with van der Waals surface area (Å²) in [5, 5.41) is 0.287. The molecule has 0 saturated heterocycles. The molecule has 2 aromatic carbocycles. The van der Waals surface area contributed by atoms with Gasteiger partial charge in [-0.15, -0.1) is 0 Å². The monoisotopic (exact) mass is 419 g/mol. The van der Waals surface area contributed by atoms with Crippen LogP contribution in [-0.4, -0.2) is 22.6 Å². The van der Waals surface area contributed by atoms with Gasteiger partial charge in [0.1, 0.15) is 10.6 Å². The second kappa shape index (κ2) is 7.53. The molecule has 1 N–H and O–H groups in total. The van der Waals surface area contributed by atoms with Crippen LogP contribution in [0, 0.1) is 0 Å². The van der Waals surface area contributed by atoms with E-state index in [1.807, 2.05) is 12.1 Å². The summed E-state index contributed by atoms with van der Waals surface area (Å²) in [5.41, 5.74) is 0.721. The van der Waals surface area contributed by atoms with Crippen LogP contribution in [0.15, 0.2) is 45.8 Å². The molecule has 0 radical (unpaired) electrons. The van der Waals surface area contributed by atoms with Crippen molar-refractivity contribution in [2.45, 2.75) is 11.4 Å². The topological polar surface area (TPSA) is 64.6 Å². The fourth-order valence-corrected chi connectivity index (χ4v) is 4.42. The lowest BCUT2D eigenvalue weighted by atomic mass is 10.2. The number of hydrogen-bond acceptors (Lipinski definition) is 4. The van der Waals surface area contributed by atoms with Crippen LogP contribution in [0.25, 0.3) is 0 Å². The normalized spacial score (nSPS) is 11.3. The zero-order valence-corrected chi connectivity index (χ0v) is 15.6. The third-order valence-electron chi connectivity index (χ3n) is 3.11. The summed E-state index contributed by atoms with van der Waals surface area (Å²) in [6.07, 6.45) is 0. The van der Waals surface area contributed by atoms with Crippen LogP contribution < -0.4 is 14.2 Å². The van der Waals surface area contributed by atoms with E-state index in [4.69, 9.17) is 21.1 Å². The average Bonchev–Trinajstić information content (AvgIpc) is 2.52. The van der Waals surface area contributed by atoms with Gasteiger partial charge in [-0.25, -0.2) is 13.1 Å². The summed E-state index contributed by atoms with van der Waals surface area (Å²) < 4.78 is 38.5. The Morgan fingerprint density at radius 1 is 1.17 bits per heavy atom. The van der Waals surface area contributed by atoms with Gasteiger partial charge in [-0.1, -0.05) is 29.8 Å². The number of halogens is 2. The van der Waals surface area contributed by atoms with E-state index in [-0.39, 0.29) is 22.2 Å². The molecule has 0 aliphatic carbocycles. The molecular formula is C15H15BrClNO4S. The maximum Gasteiger partial charge on any atom is 0.244 e. The number of sulfonamides is 1. The van der Waals surface area contributed by atoms with Crippen LogP contribution >= 0.6 is 27.5 Å². The Morgan fingerprint density at radius 2 is 1.87 bits per heavy atom. The Balaban J connectivity index is 2.33. The fourth-order valence-electron chi connectivity index (χ4n) is 2.03. The Morgan fingerprint density at radius 3 is 2.52 bits per heavy atom. The highest BCUT2D eigenvalue weighted by molar-refractivity contribution is 9.10. The fraction of sp³-hybridized carbons (Fsp3) is 0.200. The highest BCUT2D eigenvalue weighted by atomic mass is 79.9. The molecule has 5 nitrogen and oxygen atoms in total. The van der Waals surface area contributed by atoms with E-state index in [9.17, 15) is 8.42 Å². The number of methoxy groups -OCH3 is 2. The number of para-hydroxylation sites is 1. The molecule has 0 spiro atoms. The molecule has 0 saturated carbocycles. The molecule has 23 heavy (non-hydrogen) atoms. The van der Waals surface area contributed by atoms with Gasteiger partial charge in [0.15, 0.2) is 5.75 Å². The molecule has 0 heterocycles. The van der Waals surface area contributed by atoms with Crippen molar-refractivity contribution in [1.82, 2.24) is 4.72 Å². The highest BCUT2D eigenvalue weighted by Crippen LogP contribution is 2.35. The molecule has 0 atom stereocenters. The molecule has 0 unspecified atom stereocenters. The molecule has 0 aromatic heterocycles. The SMILES string of the molecule is COc1ccccc1CNS(=O)(=O)c1cc(Cl)cc(Br)c1OC. The minimum Gasteiger partial charge on any atom is -0.496 e. The average molecular weight is 421 g/mol. The van der Waals surface area contributed by atoms with Crippen molar-refractivity contribution >= 4 is 37.6 Å². The Bertz CT molecular complexity index is 811. The standard InChI is InChI=1S/C15H15BrClNO4S/c1-21-13-6-4-3-5-10(13)9-18-23(19,20)14-8-11(17)7-12(16)15(14)22-2/h3-8,18H,9H2,1-2H3. The van der Waals surface area contributed by atoms with Crippen molar-refractivity contribution in [3.8, 4) is 11.5 Å². The predicted molar refractivity (Wildman–Crippen MR) is 92.7 cm³/mol. The maximum atomic E-state index is 12.6. The summed E-state index contributed by atoms with van der Waals surface area (Å²) in [7, 11) is -0.888. The predicted octanol–water partition coefficient (Wildman–Crippen LogP) is 3.60. The Kier molecular flexibility index (Phi) is 5.91. The molecule has 0 amide bonds. The van der Waals surface area contributed by atoms with Crippen LogP contribution in [0.4, 0.5) is 0 Å². The third kappa shape index (κ3) is 4.17. The van der Waals surface area contributed by atoms with Crippen LogP contribution in [-0.2, 0) is 16.6 Å². The first kappa shape index (κ1) is 18.1. The summed E-state index contributed by atoms with van der Waals surface area (Å²) in [5.74, 6) is 0.802. The smallest absolute Gasteiger partial charge is 0.244 e. The van der Waals surface area contributed by atoms with Crippen LogP contribution in [0.1, 0.15) is 5.56 Å². The lowest BCUT2D eigenvalue weighted by Gasteiger charge is -2.14. The van der Waals surface area contributed by atoms with Gasteiger partial charge in [0.25, 0.3) is 0 Å². The second-order valence-electron chi connectivity index (χ2n) is 4.56. The van der Waals surface area contributed by atoms with Crippen LogP contribution in [0.3, 0.4) is 0 Å². The Labute approximate surface area is 148 Å². The largest absolute Gasteiger partial charge is 0.496 e. The zero-order chi connectivity index (χ0) is 17.0. The molecule has 2 aromatic rings. The van der Waals surface area contributed by atoms with Gasteiger partial charge in [0.2, 0.25) is 10.0 Å². The van der Waals surface area contributed by atoms with Gasteiger partial charge < -0.3 is 9.47 Å². The minimum atomic E-state index is -3.82. The van der Waals surface area contributed by atoms with Crippen molar-refractivity contribution < 1.29 is 17.9 Å². The summed E-state index contributed by atoms with van der Waals surface area (Å²) in [6.45, 7) is 0.0830. The van der Waals surface area contributed by atoms with Gasteiger partial charge in [-0.3, -0.25) is 0 Å². The number of benzene rings is 2. The summed E-state index contributed by atoms with van der Waals surface area (Å²) >= 11 is 9.20. The molecular weight excluding hydrogens is 406 g/mol. The third-order valence-corrected chi connectivity index (χ3v) is 5.33. The first-order valence-corrected chi connectivity index (χ1v) is 9.19. The van der Waals surface area contributed by atoms with Crippen LogP contribution in [0.2, 0.25) is 5.02 Å². The molecule has 2 rings (SSSR count). The van der Waals surface area contributed by atoms with Gasteiger partial charge in [-0.2, -0.15) is 0 Å². The number of nitrogens with one attached hydrogen (secondary N) is 1. The van der Waals surface area contributed by atoms with Crippen molar-refractivity contribution in [2.75, 3.05) is 14.2 Å². The first-order valence-electron chi connectivity index (χ1n) is 6.53. The van der Waals surface area contributed by atoms with Crippen LogP contribution in [0.5, 0.6) is 11.5 Å². The van der Waals surface area contributed by atoms with Gasteiger partial charge in [0.05, 0.1) is 18.7 Å². The van der Waals surface area contributed by atoms with E-state index in [1.165, 1.54) is 20.3 Å². The quantitative estimate of drug-likeness (QED) is 0.775. The lowest BCUT2D eigenvalue weighted by molar-refractivity contribution is 0.399. The highest BCUT2D eigenvalue weighted by Gasteiger charge is 2.22. The van der Waals surface area contributed by atoms with Crippen molar-refractivity contribution in [2.24, 2.45) is 0 Å². The number of hydrogen-bond donors (Lipinski definition) is 1. The van der Waals surface area contributed by atoms with E-state index in [2.05, 4.69) is 20.7 Å². The van der Waals surface area contributed by atoms with E-state index in [0.717, 1.165) is 5.56 Å². The van der Waals surface area contributed by atoms with Crippen molar-refractivity contribution in [3.63, 3.8) is 0 Å². The van der Waals surface area contributed by atoms with E-state index in [1.54, 1.807) is 18.2 Å². The number of ether oxygens (including phenoxy) is 2. The summed E-state index contributed by atoms with van der Waals surface area (Å²) in [6, 6.07) is 10.1. The molecule has 0 aliphatic rings. The zero-order valence-electron chi connectivity index (χ0n) is 12.5. The summed E-state index contributed by atoms with van der Waals surface area (Å²) in [4.78, 5) is -0.0331. The molecule has 0 fully saturated rings. The van der Waals surface area contributed by atoms with Gasteiger partial charge >= 0.3 is 0 Å². The molecule has 8 heteroatoms. The lowest BCUT2D eigenvalue weighted by Crippen LogP contribution is -2.24. The molecule has 0 bridgehead atoms. The van der Waals surface area contributed by atoms with Gasteiger partial charge in [-0.05, 0) is 34.1 Å². The van der Waals surface area contributed by atoms with Crippen molar-refractivity contribution in [3.05, 3.63) is 51.5 Å². The molecule has 124 valence electrons. The first-order chi connectivity index (χ1) is 10.9. The second-order valence-corrected chi connectivity index (χ2v) is 7.58. The minimum absolute atomic E-state index is 0.0331.